The fourth-order valence-electron chi connectivity index (χ4n) is 3.30. The first-order valence-electron chi connectivity index (χ1n) is 7.72. The normalized spacial score (nSPS) is 20.9. The van der Waals surface area contributed by atoms with Crippen LogP contribution in [0.3, 0.4) is 0 Å². The molecule has 2 saturated heterocycles. The van der Waals surface area contributed by atoms with Gasteiger partial charge in [-0.2, -0.15) is 5.10 Å². The number of anilines is 1. The standard InChI is InChI=1S/C15H21N5/c1-2-10-19(9-1)13-3-4-14-17-15(18-20(14)11-13)12-5-7-16-8-6-12/h3-4,11-12,16H,1-2,5-10H2. The summed E-state index contributed by atoms with van der Waals surface area (Å²) in [6, 6.07) is 4.28. The molecule has 2 fully saturated rings. The predicted molar refractivity (Wildman–Crippen MR) is 79.3 cm³/mol. The van der Waals surface area contributed by atoms with Gasteiger partial charge in [-0.05, 0) is 50.9 Å². The van der Waals surface area contributed by atoms with E-state index >= 15 is 0 Å². The van der Waals surface area contributed by atoms with E-state index in [1.54, 1.807) is 0 Å². The highest BCUT2D eigenvalue weighted by Gasteiger charge is 2.20. The van der Waals surface area contributed by atoms with Gasteiger partial charge in [0.25, 0.3) is 0 Å². The Labute approximate surface area is 119 Å². The second-order valence-electron chi connectivity index (χ2n) is 5.88. The third kappa shape index (κ3) is 2.16. The van der Waals surface area contributed by atoms with Crippen molar-refractivity contribution in [1.29, 1.82) is 0 Å². The molecule has 0 atom stereocenters. The molecule has 0 saturated carbocycles. The molecule has 0 bridgehead atoms. The van der Waals surface area contributed by atoms with Crippen LogP contribution in [-0.4, -0.2) is 40.8 Å². The number of pyridine rings is 1. The van der Waals surface area contributed by atoms with Gasteiger partial charge in [-0.15, -0.1) is 0 Å². The van der Waals surface area contributed by atoms with Gasteiger partial charge >= 0.3 is 0 Å². The zero-order chi connectivity index (χ0) is 13.4. The molecule has 2 aromatic rings. The molecule has 0 radical (unpaired) electrons. The van der Waals surface area contributed by atoms with Crippen LogP contribution in [0.4, 0.5) is 5.69 Å². The number of hydrogen-bond donors (Lipinski definition) is 1. The molecule has 2 aliphatic heterocycles. The van der Waals surface area contributed by atoms with E-state index in [2.05, 4.69) is 28.5 Å². The third-order valence-electron chi connectivity index (χ3n) is 4.51. The third-order valence-corrected chi connectivity index (χ3v) is 4.51. The molecule has 5 heteroatoms. The van der Waals surface area contributed by atoms with Crippen LogP contribution < -0.4 is 10.2 Å². The fraction of sp³-hybridized carbons (Fsp3) is 0.600. The number of rotatable bonds is 2. The Morgan fingerprint density at radius 2 is 1.90 bits per heavy atom. The van der Waals surface area contributed by atoms with E-state index in [0.29, 0.717) is 5.92 Å². The van der Waals surface area contributed by atoms with Crippen molar-refractivity contribution in [3.8, 4) is 0 Å². The van der Waals surface area contributed by atoms with Crippen LogP contribution in [0.2, 0.25) is 0 Å². The molecule has 2 aliphatic rings. The van der Waals surface area contributed by atoms with Crippen molar-refractivity contribution in [2.45, 2.75) is 31.6 Å². The lowest BCUT2D eigenvalue weighted by Gasteiger charge is -2.19. The van der Waals surface area contributed by atoms with E-state index in [1.807, 2.05) is 4.52 Å². The number of nitrogens with zero attached hydrogens (tertiary/aromatic N) is 4. The van der Waals surface area contributed by atoms with Gasteiger partial charge in [0, 0.05) is 19.0 Å². The summed E-state index contributed by atoms with van der Waals surface area (Å²) in [6.07, 6.45) is 7.04. The SMILES string of the molecule is c1cc2nc(C3CCNCC3)nn2cc1N1CCCC1. The van der Waals surface area contributed by atoms with Gasteiger partial charge in [0.1, 0.15) is 0 Å². The summed E-state index contributed by atoms with van der Waals surface area (Å²) in [7, 11) is 0. The Morgan fingerprint density at radius 1 is 1.10 bits per heavy atom. The molecular weight excluding hydrogens is 250 g/mol. The average molecular weight is 271 g/mol. The molecule has 0 aliphatic carbocycles. The smallest absolute Gasteiger partial charge is 0.155 e. The zero-order valence-corrected chi connectivity index (χ0v) is 11.8. The number of aromatic nitrogens is 3. The van der Waals surface area contributed by atoms with Crippen molar-refractivity contribution in [3.63, 3.8) is 0 Å². The van der Waals surface area contributed by atoms with Crippen molar-refractivity contribution >= 4 is 11.3 Å². The van der Waals surface area contributed by atoms with Crippen molar-refractivity contribution in [2.24, 2.45) is 0 Å². The second-order valence-corrected chi connectivity index (χ2v) is 5.88. The number of hydrogen-bond acceptors (Lipinski definition) is 4. The van der Waals surface area contributed by atoms with Crippen LogP contribution in [0.5, 0.6) is 0 Å². The van der Waals surface area contributed by atoms with Gasteiger partial charge in [0.15, 0.2) is 11.5 Å². The summed E-state index contributed by atoms with van der Waals surface area (Å²) in [5, 5.41) is 8.11. The molecule has 5 nitrogen and oxygen atoms in total. The number of nitrogens with one attached hydrogen (secondary N) is 1. The van der Waals surface area contributed by atoms with Crippen molar-refractivity contribution in [3.05, 3.63) is 24.2 Å². The van der Waals surface area contributed by atoms with Crippen LogP contribution in [0.25, 0.3) is 5.65 Å². The number of fused-ring (bicyclic) bond motifs is 1. The van der Waals surface area contributed by atoms with Gasteiger partial charge in [0.05, 0.1) is 11.9 Å². The van der Waals surface area contributed by atoms with Crippen molar-refractivity contribution in [2.75, 3.05) is 31.1 Å². The molecule has 4 heterocycles. The molecule has 1 N–H and O–H groups in total. The topological polar surface area (TPSA) is 45.5 Å². The predicted octanol–water partition coefficient (Wildman–Crippen LogP) is 1.80. The Kier molecular flexibility index (Phi) is 3.07. The molecule has 0 unspecified atom stereocenters. The van der Waals surface area contributed by atoms with Crippen LogP contribution in [0.15, 0.2) is 18.3 Å². The molecule has 20 heavy (non-hydrogen) atoms. The van der Waals surface area contributed by atoms with E-state index in [0.717, 1.165) is 37.4 Å². The summed E-state index contributed by atoms with van der Waals surface area (Å²) in [5.41, 5.74) is 2.25. The largest absolute Gasteiger partial charge is 0.370 e. The van der Waals surface area contributed by atoms with Crippen LogP contribution in [0, 0.1) is 0 Å². The quantitative estimate of drug-likeness (QED) is 0.904. The maximum absolute atomic E-state index is 4.72. The Balaban J connectivity index is 1.64. The van der Waals surface area contributed by atoms with Crippen molar-refractivity contribution in [1.82, 2.24) is 19.9 Å². The average Bonchev–Trinajstić information content (AvgIpc) is 3.16. The van der Waals surface area contributed by atoms with E-state index in [4.69, 9.17) is 10.1 Å². The number of piperidine rings is 1. The molecule has 106 valence electrons. The Bertz CT molecular complexity index is 593. The lowest BCUT2D eigenvalue weighted by molar-refractivity contribution is 0.445. The molecule has 4 rings (SSSR count). The van der Waals surface area contributed by atoms with Gasteiger partial charge < -0.3 is 10.2 Å². The highest BCUT2D eigenvalue weighted by molar-refractivity contribution is 5.51. The van der Waals surface area contributed by atoms with Gasteiger partial charge in [-0.1, -0.05) is 0 Å². The molecular formula is C15H21N5. The van der Waals surface area contributed by atoms with E-state index in [9.17, 15) is 0 Å². The molecule has 2 aromatic heterocycles. The van der Waals surface area contributed by atoms with Crippen LogP contribution in [0.1, 0.15) is 37.4 Å². The first-order chi connectivity index (χ1) is 9.90. The highest BCUT2D eigenvalue weighted by atomic mass is 15.3. The summed E-state index contributed by atoms with van der Waals surface area (Å²) < 4.78 is 1.96. The summed E-state index contributed by atoms with van der Waals surface area (Å²) in [4.78, 5) is 7.15. The van der Waals surface area contributed by atoms with Crippen LogP contribution in [-0.2, 0) is 0 Å². The first kappa shape index (κ1) is 12.1. The summed E-state index contributed by atoms with van der Waals surface area (Å²) >= 11 is 0. The molecule has 0 amide bonds. The van der Waals surface area contributed by atoms with E-state index in [-0.39, 0.29) is 0 Å². The maximum Gasteiger partial charge on any atom is 0.155 e. The first-order valence-corrected chi connectivity index (χ1v) is 7.72. The maximum atomic E-state index is 4.72. The molecule has 0 spiro atoms. The minimum Gasteiger partial charge on any atom is -0.370 e. The van der Waals surface area contributed by atoms with Gasteiger partial charge in [-0.25, -0.2) is 9.50 Å². The van der Waals surface area contributed by atoms with Crippen molar-refractivity contribution < 1.29 is 0 Å². The second kappa shape index (κ2) is 5.05. The lowest BCUT2D eigenvalue weighted by atomic mass is 9.98. The minimum absolute atomic E-state index is 0.520. The van der Waals surface area contributed by atoms with E-state index < -0.39 is 0 Å². The lowest BCUT2D eigenvalue weighted by Crippen LogP contribution is -2.27. The highest BCUT2D eigenvalue weighted by Crippen LogP contribution is 2.24. The van der Waals surface area contributed by atoms with Crippen LogP contribution >= 0.6 is 0 Å². The Morgan fingerprint density at radius 3 is 2.70 bits per heavy atom. The monoisotopic (exact) mass is 271 g/mol. The fourth-order valence-corrected chi connectivity index (χ4v) is 3.30. The summed E-state index contributed by atoms with van der Waals surface area (Å²) in [6.45, 7) is 4.50. The zero-order valence-electron chi connectivity index (χ0n) is 11.8. The summed E-state index contributed by atoms with van der Waals surface area (Å²) in [5.74, 6) is 1.54. The molecule has 0 aromatic carbocycles. The van der Waals surface area contributed by atoms with Gasteiger partial charge in [0.2, 0.25) is 0 Å². The van der Waals surface area contributed by atoms with Gasteiger partial charge in [-0.3, -0.25) is 0 Å². The minimum atomic E-state index is 0.520. The Hall–Kier alpha value is -1.62. The van der Waals surface area contributed by atoms with E-state index in [1.165, 1.54) is 31.6 Å².